The number of halogens is 1. The third-order valence-electron chi connectivity index (χ3n) is 5.43. The smallest absolute Gasteiger partial charge is 0.329 e. The summed E-state index contributed by atoms with van der Waals surface area (Å²) in [5, 5.41) is 0. The summed E-state index contributed by atoms with van der Waals surface area (Å²) in [5.41, 5.74) is 9.60. The molecule has 0 spiro atoms. The second-order valence-corrected chi connectivity index (χ2v) is 7.36. The van der Waals surface area contributed by atoms with Gasteiger partial charge in [-0.25, -0.2) is 9.18 Å². The largest absolute Gasteiger partial charge is 0.366 e. The zero-order valence-corrected chi connectivity index (χ0v) is 16.7. The van der Waals surface area contributed by atoms with Crippen molar-refractivity contribution in [2.45, 2.75) is 19.4 Å². The van der Waals surface area contributed by atoms with Crippen LogP contribution in [0.2, 0.25) is 0 Å². The number of nitrogens with two attached hydrogens (primary N) is 1. The van der Waals surface area contributed by atoms with Crippen molar-refractivity contribution in [3.63, 3.8) is 0 Å². The van der Waals surface area contributed by atoms with Crippen molar-refractivity contribution in [3.05, 3.63) is 99.5 Å². The molecular weight excluding hydrogens is 383 g/mol. The van der Waals surface area contributed by atoms with Gasteiger partial charge < -0.3 is 5.73 Å². The molecule has 6 nitrogen and oxygen atoms in total. The van der Waals surface area contributed by atoms with E-state index in [2.05, 4.69) is 4.98 Å². The van der Waals surface area contributed by atoms with Crippen molar-refractivity contribution in [3.8, 4) is 0 Å². The first-order valence-corrected chi connectivity index (χ1v) is 9.54. The Morgan fingerprint density at radius 3 is 2.47 bits per heavy atom. The highest BCUT2D eigenvalue weighted by Gasteiger charge is 2.14. The van der Waals surface area contributed by atoms with Crippen LogP contribution in [0.15, 0.2) is 65.6 Å². The van der Waals surface area contributed by atoms with Crippen molar-refractivity contribution in [2.24, 2.45) is 12.8 Å². The number of nitrogens with zero attached hydrogens (tertiary/aromatic N) is 3. The molecule has 2 aromatic heterocycles. The van der Waals surface area contributed by atoms with Crippen LogP contribution in [0.1, 0.15) is 40.0 Å². The van der Waals surface area contributed by atoms with Gasteiger partial charge in [0.25, 0.3) is 0 Å². The van der Waals surface area contributed by atoms with Crippen LogP contribution in [-0.4, -0.2) is 20.0 Å². The summed E-state index contributed by atoms with van der Waals surface area (Å²) in [6, 6.07) is 15.2. The lowest BCUT2D eigenvalue weighted by Gasteiger charge is -2.12. The number of rotatable bonds is 5. The zero-order chi connectivity index (χ0) is 21.4. The Balaban J connectivity index is 1.65. The van der Waals surface area contributed by atoms with E-state index in [-0.39, 0.29) is 17.4 Å². The van der Waals surface area contributed by atoms with Crippen LogP contribution in [0, 0.1) is 5.82 Å². The van der Waals surface area contributed by atoms with Crippen molar-refractivity contribution in [1.82, 2.24) is 14.1 Å². The first-order valence-electron chi connectivity index (χ1n) is 9.54. The molecule has 4 aromatic rings. The van der Waals surface area contributed by atoms with Crippen LogP contribution in [0.3, 0.4) is 0 Å². The molecule has 0 saturated heterocycles. The summed E-state index contributed by atoms with van der Waals surface area (Å²) < 4.78 is 16.3. The molecule has 0 saturated carbocycles. The number of benzene rings is 2. The Kier molecular flexibility index (Phi) is 4.95. The van der Waals surface area contributed by atoms with Gasteiger partial charge in [0.15, 0.2) is 0 Å². The van der Waals surface area contributed by atoms with Gasteiger partial charge in [-0.05, 0) is 47.5 Å². The van der Waals surface area contributed by atoms with Gasteiger partial charge in [0, 0.05) is 30.4 Å². The van der Waals surface area contributed by atoms with E-state index in [9.17, 15) is 14.0 Å². The maximum absolute atomic E-state index is 13.2. The number of carbonyl (C=O) groups excluding carboxylic acids is 1. The molecule has 2 heterocycles. The molecule has 0 radical (unpaired) electrons. The number of primary amides is 1. The average Bonchev–Trinajstić information content (AvgIpc) is 2.98. The Morgan fingerprint density at radius 2 is 1.83 bits per heavy atom. The topological polar surface area (TPSA) is 82.9 Å². The summed E-state index contributed by atoms with van der Waals surface area (Å²) in [6.07, 6.45) is 1.73. The van der Waals surface area contributed by atoms with Crippen LogP contribution < -0.4 is 11.4 Å². The Hall–Kier alpha value is -3.74. The van der Waals surface area contributed by atoms with E-state index in [1.54, 1.807) is 52.7 Å². The van der Waals surface area contributed by atoms with E-state index in [0.29, 0.717) is 17.6 Å². The number of imidazole rings is 1. The van der Waals surface area contributed by atoms with Crippen LogP contribution in [0.25, 0.3) is 11.0 Å². The fourth-order valence-corrected chi connectivity index (χ4v) is 3.61. The lowest BCUT2D eigenvalue weighted by Crippen LogP contribution is -2.22. The zero-order valence-electron chi connectivity index (χ0n) is 16.7. The van der Waals surface area contributed by atoms with Gasteiger partial charge >= 0.3 is 5.69 Å². The van der Waals surface area contributed by atoms with Crippen LogP contribution in [0.4, 0.5) is 4.39 Å². The number of aromatic nitrogens is 3. The Labute approximate surface area is 172 Å². The molecule has 0 aliphatic carbocycles. The molecule has 30 heavy (non-hydrogen) atoms. The molecule has 4 rings (SSSR count). The number of carbonyl (C=O) groups is 1. The monoisotopic (exact) mass is 404 g/mol. The third-order valence-corrected chi connectivity index (χ3v) is 5.43. The minimum Gasteiger partial charge on any atom is -0.366 e. The summed E-state index contributed by atoms with van der Waals surface area (Å²) in [7, 11) is 1.69. The van der Waals surface area contributed by atoms with Gasteiger partial charge in [-0.2, -0.15) is 0 Å². The van der Waals surface area contributed by atoms with E-state index in [1.807, 2.05) is 19.1 Å². The number of hydrogen-bond acceptors (Lipinski definition) is 3. The number of aryl methyl sites for hydroxylation is 1. The minimum atomic E-state index is -0.541. The molecule has 1 atom stereocenters. The van der Waals surface area contributed by atoms with Crippen molar-refractivity contribution < 1.29 is 9.18 Å². The normalized spacial score (nSPS) is 12.2. The van der Waals surface area contributed by atoms with Crippen LogP contribution >= 0.6 is 0 Å². The number of fused-ring (bicyclic) bond motifs is 1. The van der Waals surface area contributed by atoms with Gasteiger partial charge in [0.1, 0.15) is 5.82 Å². The predicted molar refractivity (Wildman–Crippen MR) is 113 cm³/mol. The van der Waals surface area contributed by atoms with Crippen molar-refractivity contribution in [1.29, 1.82) is 0 Å². The second kappa shape index (κ2) is 7.59. The lowest BCUT2D eigenvalue weighted by atomic mass is 9.97. The maximum Gasteiger partial charge on any atom is 0.329 e. The molecule has 7 heteroatoms. The summed E-state index contributed by atoms with van der Waals surface area (Å²) >= 11 is 0. The number of hydrogen-bond donors (Lipinski definition) is 1. The van der Waals surface area contributed by atoms with Gasteiger partial charge in [-0.15, -0.1) is 0 Å². The van der Waals surface area contributed by atoms with Gasteiger partial charge in [0.2, 0.25) is 5.91 Å². The van der Waals surface area contributed by atoms with Crippen molar-refractivity contribution >= 4 is 16.9 Å². The van der Waals surface area contributed by atoms with Gasteiger partial charge in [-0.1, -0.05) is 25.1 Å². The maximum atomic E-state index is 13.2. The molecule has 0 fully saturated rings. The molecule has 1 amide bonds. The standard InChI is InChI=1S/C23H21FN4O2/c1-14(16-4-7-18(24)8-5-16)19-9-3-15(12-26-19)13-28-21-11-17(22(25)29)6-10-20(21)27(2)23(28)30/h3-12,14H,13H2,1-2H3,(H2,25,29). The third kappa shape index (κ3) is 3.50. The van der Waals surface area contributed by atoms with Gasteiger partial charge in [0.05, 0.1) is 17.6 Å². The molecular formula is C23H21FN4O2. The second-order valence-electron chi connectivity index (χ2n) is 7.36. The first-order chi connectivity index (χ1) is 14.3. The van der Waals surface area contributed by atoms with Crippen molar-refractivity contribution in [2.75, 3.05) is 0 Å². The van der Waals surface area contributed by atoms with E-state index >= 15 is 0 Å². The fourth-order valence-electron chi connectivity index (χ4n) is 3.61. The predicted octanol–water partition coefficient (Wildman–Crippen LogP) is 3.17. The molecule has 1 unspecified atom stereocenters. The first kappa shape index (κ1) is 19.6. The molecule has 2 aromatic carbocycles. The fraction of sp³-hybridized carbons (Fsp3) is 0.174. The molecule has 2 N–H and O–H groups in total. The molecule has 0 aliphatic heterocycles. The number of pyridine rings is 1. The quantitative estimate of drug-likeness (QED) is 0.555. The van der Waals surface area contributed by atoms with E-state index in [4.69, 9.17) is 5.73 Å². The van der Waals surface area contributed by atoms with E-state index in [1.165, 1.54) is 12.1 Å². The SMILES string of the molecule is CC(c1ccc(F)cc1)c1ccc(Cn2c(=O)n(C)c3ccc(C(N)=O)cc32)cn1. The highest BCUT2D eigenvalue weighted by molar-refractivity contribution is 5.96. The highest BCUT2D eigenvalue weighted by atomic mass is 19.1. The van der Waals surface area contributed by atoms with Crippen LogP contribution in [-0.2, 0) is 13.6 Å². The lowest BCUT2D eigenvalue weighted by molar-refractivity contribution is 0.100. The highest BCUT2D eigenvalue weighted by Crippen LogP contribution is 2.23. The number of amides is 1. The average molecular weight is 404 g/mol. The van der Waals surface area contributed by atoms with Gasteiger partial charge in [-0.3, -0.25) is 18.9 Å². The van der Waals surface area contributed by atoms with Crippen LogP contribution in [0.5, 0.6) is 0 Å². The minimum absolute atomic E-state index is 0.0121. The molecule has 0 aliphatic rings. The van der Waals surface area contributed by atoms with E-state index in [0.717, 1.165) is 22.3 Å². The Morgan fingerprint density at radius 1 is 1.10 bits per heavy atom. The molecule has 0 bridgehead atoms. The van der Waals surface area contributed by atoms with E-state index < -0.39 is 5.91 Å². The summed E-state index contributed by atoms with van der Waals surface area (Å²) in [5.74, 6) is -0.798. The Bertz CT molecular complexity index is 1290. The summed E-state index contributed by atoms with van der Waals surface area (Å²) in [6.45, 7) is 2.33. The molecule has 152 valence electrons. The summed E-state index contributed by atoms with van der Waals surface area (Å²) in [4.78, 5) is 28.8.